The highest BCUT2D eigenvalue weighted by molar-refractivity contribution is 5.75. The van der Waals surface area contributed by atoms with Crippen molar-refractivity contribution in [3.63, 3.8) is 0 Å². The van der Waals surface area contributed by atoms with Gasteiger partial charge in [-0.2, -0.15) is 0 Å². The van der Waals surface area contributed by atoms with Crippen molar-refractivity contribution in [2.75, 3.05) is 13.2 Å². The van der Waals surface area contributed by atoms with Crippen molar-refractivity contribution in [2.45, 2.75) is 24.9 Å². The zero-order valence-corrected chi connectivity index (χ0v) is 13.3. The maximum absolute atomic E-state index is 12.5. The van der Waals surface area contributed by atoms with Crippen molar-refractivity contribution in [3.8, 4) is 11.5 Å². The van der Waals surface area contributed by atoms with Gasteiger partial charge in [0.1, 0.15) is 11.5 Å². The van der Waals surface area contributed by atoms with Crippen LogP contribution in [0.3, 0.4) is 0 Å². The van der Waals surface area contributed by atoms with Crippen LogP contribution in [0.2, 0.25) is 0 Å². The minimum absolute atomic E-state index is 0.0231. The van der Waals surface area contributed by atoms with E-state index in [0.717, 1.165) is 35.5 Å². The molecule has 2 amide bonds. The number of benzene rings is 2. The molecule has 0 radical (unpaired) electrons. The highest BCUT2D eigenvalue weighted by Gasteiger charge is 2.26. The highest BCUT2D eigenvalue weighted by atomic mass is 16.5. The Balaban J connectivity index is 1.45. The molecule has 2 aromatic carbocycles. The van der Waals surface area contributed by atoms with E-state index >= 15 is 0 Å². The van der Waals surface area contributed by atoms with E-state index in [1.807, 2.05) is 48.5 Å². The molecule has 2 atom stereocenters. The number of hydrogen-bond donors (Lipinski definition) is 2. The molecule has 0 aliphatic carbocycles. The molecular formula is C19H20N2O3. The first-order valence-corrected chi connectivity index (χ1v) is 8.32. The van der Waals surface area contributed by atoms with Crippen LogP contribution in [0.5, 0.6) is 11.5 Å². The summed E-state index contributed by atoms with van der Waals surface area (Å²) >= 11 is 0. The Morgan fingerprint density at radius 3 is 1.75 bits per heavy atom. The maximum Gasteiger partial charge on any atom is 0.315 e. The Kier molecular flexibility index (Phi) is 3.99. The lowest BCUT2D eigenvalue weighted by atomic mass is 10.00. The van der Waals surface area contributed by atoms with Crippen molar-refractivity contribution < 1.29 is 14.3 Å². The Labute approximate surface area is 141 Å². The SMILES string of the molecule is O=C(N[C@@H]1CCOc2ccccc21)N[C@@H]1CCOc2ccccc21. The van der Waals surface area contributed by atoms with E-state index in [1.54, 1.807) is 0 Å². The van der Waals surface area contributed by atoms with E-state index in [4.69, 9.17) is 9.47 Å². The van der Waals surface area contributed by atoms with Crippen molar-refractivity contribution >= 4 is 6.03 Å². The number of ether oxygens (including phenoxy) is 2. The fourth-order valence-electron chi connectivity index (χ4n) is 3.34. The minimum Gasteiger partial charge on any atom is -0.493 e. The molecule has 124 valence electrons. The van der Waals surface area contributed by atoms with Crippen LogP contribution in [0, 0.1) is 0 Å². The first-order valence-electron chi connectivity index (χ1n) is 8.32. The molecule has 0 aromatic heterocycles. The molecule has 2 aromatic rings. The predicted octanol–water partition coefficient (Wildman–Crippen LogP) is 3.33. The molecule has 2 aliphatic rings. The van der Waals surface area contributed by atoms with Gasteiger partial charge in [0.2, 0.25) is 0 Å². The smallest absolute Gasteiger partial charge is 0.315 e. The number of para-hydroxylation sites is 2. The number of carbonyl (C=O) groups is 1. The summed E-state index contributed by atoms with van der Waals surface area (Å²) < 4.78 is 11.3. The predicted molar refractivity (Wildman–Crippen MR) is 90.3 cm³/mol. The Hall–Kier alpha value is -2.69. The van der Waals surface area contributed by atoms with Gasteiger partial charge in [0.05, 0.1) is 25.3 Å². The van der Waals surface area contributed by atoms with Gasteiger partial charge < -0.3 is 20.1 Å². The second-order valence-corrected chi connectivity index (χ2v) is 6.07. The summed E-state index contributed by atoms with van der Waals surface area (Å²) in [6, 6.07) is 15.5. The standard InChI is InChI=1S/C19H20N2O3/c22-19(20-15-9-11-23-17-7-3-1-5-13(15)17)21-16-10-12-24-18-8-4-2-6-14(16)18/h1-8,15-16H,9-12H2,(H2,20,21,22)/t15-,16-/m1/s1. The number of carbonyl (C=O) groups excluding carboxylic acids is 1. The average molecular weight is 324 g/mol. The van der Waals surface area contributed by atoms with E-state index in [-0.39, 0.29) is 18.1 Å². The molecule has 0 unspecified atom stereocenters. The van der Waals surface area contributed by atoms with Crippen LogP contribution < -0.4 is 20.1 Å². The Morgan fingerprint density at radius 2 is 1.25 bits per heavy atom. The number of amides is 2. The normalized spacial score (nSPS) is 21.5. The second-order valence-electron chi connectivity index (χ2n) is 6.07. The third-order valence-electron chi connectivity index (χ3n) is 4.53. The van der Waals surface area contributed by atoms with Gasteiger partial charge >= 0.3 is 6.03 Å². The van der Waals surface area contributed by atoms with Crippen LogP contribution in [-0.2, 0) is 0 Å². The fraction of sp³-hybridized carbons (Fsp3) is 0.316. The van der Waals surface area contributed by atoms with Crippen molar-refractivity contribution in [1.29, 1.82) is 0 Å². The van der Waals surface area contributed by atoms with Gasteiger partial charge in [-0.1, -0.05) is 36.4 Å². The molecule has 2 heterocycles. The molecule has 0 spiro atoms. The first kappa shape index (κ1) is 14.9. The minimum atomic E-state index is -0.154. The number of rotatable bonds is 2. The van der Waals surface area contributed by atoms with Gasteiger partial charge in [0.15, 0.2) is 0 Å². The topological polar surface area (TPSA) is 59.6 Å². The molecule has 5 nitrogen and oxygen atoms in total. The molecule has 0 saturated heterocycles. The van der Waals surface area contributed by atoms with Gasteiger partial charge in [-0.15, -0.1) is 0 Å². The summed E-state index contributed by atoms with van der Waals surface area (Å²) in [6.07, 6.45) is 1.55. The van der Waals surface area contributed by atoms with Crippen LogP contribution in [0.25, 0.3) is 0 Å². The van der Waals surface area contributed by atoms with Crippen LogP contribution >= 0.6 is 0 Å². The highest BCUT2D eigenvalue weighted by Crippen LogP contribution is 2.33. The molecule has 5 heteroatoms. The van der Waals surface area contributed by atoms with Crippen molar-refractivity contribution in [2.24, 2.45) is 0 Å². The molecule has 24 heavy (non-hydrogen) atoms. The van der Waals surface area contributed by atoms with Crippen LogP contribution in [0.15, 0.2) is 48.5 Å². The lowest BCUT2D eigenvalue weighted by Crippen LogP contribution is -2.42. The number of urea groups is 1. The zero-order chi connectivity index (χ0) is 16.4. The van der Waals surface area contributed by atoms with Gasteiger partial charge in [-0.05, 0) is 12.1 Å². The van der Waals surface area contributed by atoms with Gasteiger partial charge in [0, 0.05) is 24.0 Å². The van der Waals surface area contributed by atoms with Crippen molar-refractivity contribution in [1.82, 2.24) is 10.6 Å². The third kappa shape index (κ3) is 2.89. The summed E-state index contributed by atoms with van der Waals surface area (Å²) in [6.45, 7) is 1.23. The fourth-order valence-corrected chi connectivity index (χ4v) is 3.34. The van der Waals surface area contributed by atoms with Gasteiger partial charge in [-0.25, -0.2) is 4.79 Å². The Morgan fingerprint density at radius 1 is 0.792 bits per heavy atom. The molecule has 0 bridgehead atoms. The van der Waals surface area contributed by atoms with E-state index < -0.39 is 0 Å². The van der Waals surface area contributed by atoms with Crippen LogP contribution in [0.1, 0.15) is 36.1 Å². The van der Waals surface area contributed by atoms with Gasteiger partial charge in [0.25, 0.3) is 0 Å². The summed E-state index contributed by atoms with van der Waals surface area (Å²) in [5.74, 6) is 1.70. The number of fused-ring (bicyclic) bond motifs is 2. The lowest BCUT2D eigenvalue weighted by Gasteiger charge is -2.29. The molecule has 0 fully saturated rings. The van der Waals surface area contributed by atoms with E-state index in [0.29, 0.717) is 13.2 Å². The second kappa shape index (κ2) is 6.43. The van der Waals surface area contributed by atoms with Crippen molar-refractivity contribution in [3.05, 3.63) is 59.7 Å². The van der Waals surface area contributed by atoms with E-state index in [1.165, 1.54) is 0 Å². The largest absolute Gasteiger partial charge is 0.493 e. The zero-order valence-electron chi connectivity index (χ0n) is 13.3. The van der Waals surface area contributed by atoms with Gasteiger partial charge in [-0.3, -0.25) is 0 Å². The summed E-state index contributed by atoms with van der Waals surface area (Å²) in [7, 11) is 0. The maximum atomic E-state index is 12.5. The van der Waals surface area contributed by atoms with Crippen LogP contribution in [0.4, 0.5) is 4.79 Å². The third-order valence-corrected chi connectivity index (χ3v) is 4.53. The summed E-state index contributed by atoms with van der Waals surface area (Å²) in [5.41, 5.74) is 2.07. The first-order chi connectivity index (χ1) is 11.8. The molecule has 2 N–H and O–H groups in total. The number of hydrogen-bond acceptors (Lipinski definition) is 3. The molecule has 2 aliphatic heterocycles. The van der Waals surface area contributed by atoms with E-state index in [2.05, 4.69) is 10.6 Å². The monoisotopic (exact) mass is 324 g/mol. The molecule has 4 rings (SSSR count). The van der Waals surface area contributed by atoms with Crippen LogP contribution in [-0.4, -0.2) is 19.2 Å². The Bertz CT molecular complexity index is 685. The average Bonchev–Trinajstić information content (AvgIpc) is 2.62. The van der Waals surface area contributed by atoms with E-state index in [9.17, 15) is 4.79 Å². The summed E-state index contributed by atoms with van der Waals surface area (Å²) in [4.78, 5) is 12.5. The molecular weight excluding hydrogens is 304 g/mol. The molecule has 0 saturated carbocycles. The summed E-state index contributed by atoms with van der Waals surface area (Å²) in [5, 5.41) is 6.16. The number of nitrogens with one attached hydrogen (secondary N) is 2. The lowest BCUT2D eigenvalue weighted by molar-refractivity contribution is 0.211. The quantitative estimate of drug-likeness (QED) is 0.891.